The van der Waals surface area contributed by atoms with Crippen molar-refractivity contribution >= 4 is 11.4 Å². The van der Waals surface area contributed by atoms with Crippen molar-refractivity contribution in [2.24, 2.45) is 0 Å². The van der Waals surface area contributed by atoms with Gasteiger partial charge in [-0.05, 0) is 37.0 Å². The van der Waals surface area contributed by atoms with Gasteiger partial charge in [-0.15, -0.1) is 0 Å². The van der Waals surface area contributed by atoms with Crippen molar-refractivity contribution in [1.82, 2.24) is 10.1 Å². The summed E-state index contributed by atoms with van der Waals surface area (Å²) in [7, 11) is 0. The summed E-state index contributed by atoms with van der Waals surface area (Å²) < 4.78 is 5.38. The monoisotopic (exact) mass is 286 g/mol. The van der Waals surface area contributed by atoms with Crippen molar-refractivity contribution in [3.05, 3.63) is 35.5 Å². The summed E-state index contributed by atoms with van der Waals surface area (Å²) in [6.07, 6.45) is 5.29. The topological polar surface area (TPSA) is 68.2 Å². The Kier molecular flexibility index (Phi) is 4.08. The smallest absolute Gasteiger partial charge is 0.246 e. The molecular weight excluding hydrogens is 264 g/mol. The highest BCUT2D eigenvalue weighted by molar-refractivity contribution is 5.66. The van der Waals surface area contributed by atoms with Crippen molar-refractivity contribution in [2.45, 2.75) is 45.6 Å². The van der Waals surface area contributed by atoms with Gasteiger partial charge in [0.15, 0.2) is 5.82 Å². The fourth-order valence-electron chi connectivity index (χ4n) is 2.85. The van der Waals surface area contributed by atoms with Crippen molar-refractivity contribution in [3.8, 4) is 0 Å². The molecule has 1 aliphatic heterocycles. The first-order chi connectivity index (χ1) is 10.3. The summed E-state index contributed by atoms with van der Waals surface area (Å²) >= 11 is 0. The lowest BCUT2D eigenvalue weighted by molar-refractivity contribution is 0.369. The Morgan fingerprint density at radius 1 is 1.38 bits per heavy atom. The molecule has 0 spiro atoms. The van der Waals surface area contributed by atoms with Crippen LogP contribution in [0.15, 0.2) is 22.7 Å². The highest BCUT2D eigenvalue weighted by Gasteiger charge is 2.20. The van der Waals surface area contributed by atoms with Gasteiger partial charge in [0.1, 0.15) is 0 Å². The van der Waals surface area contributed by atoms with E-state index in [4.69, 9.17) is 10.3 Å². The van der Waals surface area contributed by atoms with E-state index in [1.165, 1.54) is 11.3 Å². The Morgan fingerprint density at radius 2 is 2.29 bits per heavy atom. The van der Waals surface area contributed by atoms with E-state index in [1.807, 2.05) is 12.1 Å². The van der Waals surface area contributed by atoms with Crippen molar-refractivity contribution in [2.75, 3.05) is 17.2 Å². The van der Waals surface area contributed by atoms with Gasteiger partial charge in [0, 0.05) is 24.3 Å². The van der Waals surface area contributed by atoms with Gasteiger partial charge in [0.25, 0.3) is 0 Å². The fourth-order valence-corrected chi connectivity index (χ4v) is 2.85. The maximum Gasteiger partial charge on any atom is 0.246 e. The number of nitrogens with two attached hydrogens (primary N) is 1. The molecule has 2 heterocycles. The standard InChI is InChI=1S/C16H22N4O/c1-2-3-9-15-18-16(21-19-15)11-20-10-5-6-12-13(17)7-4-8-14(12)20/h4,7-8H,2-3,5-6,9-11,17H2,1H3. The Bertz CT molecular complexity index is 608. The predicted molar refractivity (Wildman–Crippen MR) is 83.1 cm³/mol. The third-order valence-corrected chi connectivity index (χ3v) is 3.97. The van der Waals surface area contributed by atoms with Crippen LogP contribution < -0.4 is 10.6 Å². The number of rotatable bonds is 5. The second-order valence-electron chi connectivity index (χ2n) is 5.58. The zero-order valence-corrected chi connectivity index (χ0v) is 12.5. The van der Waals surface area contributed by atoms with Crippen LogP contribution in [0.3, 0.4) is 0 Å². The summed E-state index contributed by atoms with van der Waals surface area (Å²) in [5.41, 5.74) is 9.41. The molecule has 0 fully saturated rings. The number of aromatic nitrogens is 2. The molecule has 1 aliphatic rings. The fraction of sp³-hybridized carbons (Fsp3) is 0.500. The quantitative estimate of drug-likeness (QED) is 0.856. The molecule has 0 atom stereocenters. The van der Waals surface area contributed by atoms with Crippen LogP contribution in [0.1, 0.15) is 43.5 Å². The molecule has 5 nitrogen and oxygen atoms in total. The Hall–Kier alpha value is -2.04. The second-order valence-corrected chi connectivity index (χ2v) is 5.58. The van der Waals surface area contributed by atoms with E-state index >= 15 is 0 Å². The molecule has 0 bridgehead atoms. The van der Waals surface area contributed by atoms with Crippen LogP contribution in [0, 0.1) is 0 Å². The molecule has 1 aromatic heterocycles. The largest absolute Gasteiger partial charge is 0.398 e. The SMILES string of the molecule is CCCCc1noc(CN2CCCc3c(N)cccc32)n1. The van der Waals surface area contributed by atoms with Gasteiger partial charge >= 0.3 is 0 Å². The molecule has 0 saturated heterocycles. The van der Waals surface area contributed by atoms with Gasteiger partial charge in [-0.3, -0.25) is 0 Å². The third-order valence-electron chi connectivity index (χ3n) is 3.97. The minimum Gasteiger partial charge on any atom is -0.398 e. The molecule has 5 heteroatoms. The van der Waals surface area contributed by atoms with E-state index in [1.54, 1.807) is 0 Å². The van der Waals surface area contributed by atoms with E-state index in [0.717, 1.165) is 50.2 Å². The molecule has 0 saturated carbocycles. The minimum atomic E-state index is 0.662. The summed E-state index contributed by atoms with van der Waals surface area (Å²) in [6.45, 7) is 3.83. The molecule has 1 aromatic carbocycles. The molecule has 2 N–H and O–H groups in total. The average Bonchev–Trinajstić information content (AvgIpc) is 2.94. The summed E-state index contributed by atoms with van der Waals surface area (Å²) in [6, 6.07) is 6.10. The van der Waals surface area contributed by atoms with Gasteiger partial charge in [0.2, 0.25) is 5.89 Å². The Labute approximate surface area is 125 Å². The van der Waals surface area contributed by atoms with Gasteiger partial charge in [-0.1, -0.05) is 24.6 Å². The number of hydrogen-bond donors (Lipinski definition) is 1. The van der Waals surface area contributed by atoms with Crippen LogP contribution in [0.5, 0.6) is 0 Å². The number of unbranched alkanes of at least 4 members (excludes halogenated alkanes) is 1. The maximum atomic E-state index is 6.08. The molecule has 3 rings (SSSR count). The van der Waals surface area contributed by atoms with Crippen molar-refractivity contribution in [3.63, 3.8) is 0 Å². The third kappa shape index (κ3) is 3.01. The maximum absolute atomic E-state index is 6.08. The normalized spacial score (nSPS) is 14.2. The summed E-state index contributed by atoms with van der Waals surface area (Å²) in [4.78, 5) is 6.77. The number of fused-ring (bicyclic) bond motifs is 1. The lowest BCUT2D eigenvalue weighted by atomic mass is 10.00. The van der Waals surface area contributed by atoms with E-state index in [9.17, 15) is 0 Å². The number of hydrogen-bond acceptors (Lipinski definition) is 5. The molecule has 112 valence electrons. The molecular formula is C16H22N4O. The van der Waals surface area contributed by atoms with Gasteiger partial charge in [-0.2, -0.15) is 4.98 Å². The summed E-state index contributed by atoms with van der Waals surface area (Å²) in [5, 5.41) is 4.06. The van der Waals surface area contributed by atoms with Crippen LogP contribution in [0.2, 0.25) is 0 Å². The van der Waals surface area contributed by atoms with Crippen molar-refractivity contribution in [1.29, 1.82) is 0 Å². The van der Waals surface area contributed by atoms with Crippen molar-refractivity contribution < 1.29 is 4.52 Å². The highest BCUT2D eigenvalue weighted by atomic mass is 16.5. The molecule has 0 radical (unpaired) electrons. The van der Waals surface area contributed by atoms with E-state index in [0.29, 0.717) is 12.4 Å². The van der Waals surface area contributed by atoms with Crippen LogP contribution >= 0.6 is 0 Å². The first kappa shape index (κ1) is 13.9. The van der Waals surface area contributed by atoms with Crippen LogP contribution in [-0.4, -0.2) is 16.7 Å². The average molecular weight is 286 g/mol. The summed E-state index contributed by atoms with van der Waals surface area (Å²) in [5.74, 6) is 1.51. The zero-order valence-electron chi connectivity index (χ0n) is 12.5. The number of nitrogens with zero attached hydrogens (tertiary/aromatic N) is 3. The minimum absolute atomic E-state index is 0.662. The van der Waals surface area contributed by atoms with E-state index < -0.39 is 0 Å². The van der Waals surface area contributed by atoms with Crippen LogP contribution in [0.25, 0.3) is 0 Å². The lowest BCUT2D eigenvalue weighted by Gasteiger charge is -2.30. The lowest BCUT2D eigenvalue weighted by Crippen LogP contribution is -2.29. The second kappa shape index (κ2) is 6.16. The number of benzene rings is 1. The Balaban J connectivity index is 1.74. The van der Waals surface area contributed by atoms with Gasteiger partial charge < -0.3 is 15.2 Å². The molecule has 2 aromatic rings. The first-order valence-corrected chi connectivity index (χ1v) is 7.71. The number of aryl methyl sites for hydroxylation is 1. The van der Waals surface area contributed by atoms with Gasteiger partial charge in [0.05, 0.1) is 6.54 Å². The number of anilines is 2. The zero-order chi connectivity index (χ0) is 14.7. The predicted octanol–water partition coefficient (Wildman–Crippen LogP) is 2.95. The van der Waals surface area contributed by atoms with Crippen LogP contribution in [0.4, 0.5) is 11.4 Å². The highest BCUT2D eigenvalue weighted by Crippen LogP contribution is 2.31. The molecule has 0 amide bonds. The van der Waals surface area contributed by atoms with E-state index in [-0.39, 0.29) is 0 Å². The Morgan fingerprint density at radius 3 is 3.14 bits per heavy atom. The molecule has 0 aliphatic carbocycles. The van der Waals surface area contributed by atoms with E-state index in [2.05, 4.69) is 28.0 Å². The van der Waals surface area contributed by atoms with Gasteiger partial charge in [-0.25, -0.2) is 0 Å². The number of nitrogen functional groups attached to an aromatic ring is 1. The molecule has 0 unspecified atom stereocenters. The van der Waals surface area contributed by atoms with Crippen LogP contribution in [-0.2, 0) is 19.4 Å². The molecule has 21 heavy (non-hydrogen) atoms. The first-order valence-electron chi connectivity index (χ1n) is 7.71.